The summed E-state index contributed by atoms with van der Waals surface area (Å²) in [4.78, 5) is 33.5. The molecule has 0 aliphatic carbocycles. The van der Waals surface area contributed by atoms with Crippen molar-refractivity contribution in [2.45, 2.75) is 39.4 Å². The minimum atomic E-state index is -0.468. The smallest absolute Gasteiger partial charge is 0.237 e. The van der Waals surface area contributed by atoms with Gasteiger partial charge in [0.2, 0.25) is 11.8 Å². The fourth-order valence-electron chi connectivity index (χ4n) is 3.64. The van der Waals surface area contributed by atoms with E-state index in [0.29, 0.717) is 39.3 Å². The summed E-state index contributed by atoms with van der Waals surface area (Å²) in [5.41, 5.74) is 2.12. The summed E-state index contributed by atoms with van der Waals surface area (Å²) in [5.74, 6) is 0.729. The molecule has 1 aliphatic heterocycles. The van der Waals surface area contributed by atoms with Crippen LogP contribution in [0.15, 0.2) is 48.8 Å². The molecule has 1 saturated heterocycles. The minimum absolute atomic E-state index is 0.0203. The summed E-state index contributed by atoms with van der Waals surface area (Å²) in [7, 11) is 0. The van der Waals surface area contributed by atoms with Gasteiger partial charge in [0.05, 0.1) is 19.1 Å². The van der Waals surface area contributed by atoms with Gasteiger partial charge in [-0.15, -0.1) is 0 Å². The molecule has 0 bridgehead atoms. The molecule has 1 atom stereocenters. The van der Waals surface area contributed by atoms with Gasteiger partial charge < -0.3 is 15.0 Å². The molecule has 1 N–H and O–H groups in total. The van der Waals surface area contributed by atoms with E-state index in [9.17, 15) is 9.59 Å². The second kappa shape index (κ2) is 10.7. The van der Waals surface area contributed by atoms with E-state index in [0.717, 1.165) is 16.9 Å². The molecule has 2 aromatic rings. The van der Waals surface area contributed by atoms with E-state index in [1.807, 2.05) is 50.2 Å². The zero-order valence-corrected chi connectivity index (χ0v) is 17.7. The van der Waals surface area contributed by atoms with Gasteiger partial charge >= 0.3 is 0 Å². The number of aromatic nitrogens is 1. The molecule has 0 saturated carbocycles. The Bertz CT molecular complexity index is 826. The zero-order valence-electron chi connectivity index (χ0n) is 17.7. The minimum Gasteiger partial charge on any atom is -0.494 e. The second-order valence-corrected chi connectivity index (χ2v) is 7.32. The summed E-state index contributed by atoms with van der Waals surface area (Å²) in [6.07, 6.45) is 3.61. The molecule has 0 radical (unpaired) electrons. The van der Waals surface area contributed by atoms with Gasteiger partial charge in [0.1, 0.15) is 5.75 Å². The number of rotatable bonds is 9. The van der Waals surface area contributed by atoms with Gasteiger partial charge in [0, 0.05) is 45.1 Å². The summed E-state index contributed by atoms with van der Waals surface area (Å²) in [6, 6.07) is 11.2. The Labute approximate surface area is 178 Å². The summed E-state index contributed by atoms with van der Waals surface area (Å²) in [6.45, 7) is 7.58. The third-order valence-corrected chi connectivity index (χ3v) is 5.29. The predicted molar refractivity (Wildman–Crippen MR) is 115 cm³/mol. The number of carbonyl (C=O) groups is 2. The maximum Gasteiger partial charge on any atom is 0.237 e. The number of carbonyl (C=O) groups excluding carboxylic acids is 2. The van der Waals surface area contributed by atoms with Crippen molar-refractivity contribution in [1.82, 2.24) is 20.1 Å². The van der Waals surface area contributed by atoms with E-state index in [1.165, 1.54) is 0 Å². The SMILES string of the molecule is CCOc1ccc(CN2CCNC(=O)[C@@H]2CC(=O)N(CC)Cc2ccncc2)cc1. The standard InChI is InChI=1S/C23H30N4O3/c1-3-26(16-19-9-11-24-12-10-19)22(28)15-21-23(29)25-13-14-27(21)17-18-5-7-20(8-6-18)30-4-2/h5-12,21H,3-4,13-17H2,1-2H3,(H,25,29)/t21-/m0/s1. The summed E-state index contributed by atoms with van der Waals surface area (Å²) in [5, 5.41) is 2.91. The van der Waals surface area contributed by atoms with Crippen molar-refractivity contribution in [1.29, 1.82) is 0 Å². The van der Waals surface area contributed by atoms with Gasteiger partial charge in [-0.1, -0.05) is 12.1 Å². The Hall–Kier alpha value is -2.93. The number of hydrogen-bond donors (Lipinski definition) is 1. The van der Waals surface area contributed by atoms with Crippen LogP contribution in [0.5, 0.6) is 5.75 Å². The molecule has 30 heavy (non-hydrogen) atoms. The largest absolute Gasteiger partial charge is 0.494 e. The van der Waals surface area contributed by atoms with Gasteiger partial charge in [0.25, 0.3) is 0 Å². The van der Waals surface area contributed by atoms with Crippen LogP contribution in [0.2, 0.25) is 0 Å². The number of nitrogens with one attached hydrogen (secondary N) is 1. The van der Waals surface area contributed by atoms with Gasteiger partial charge in [-0.2, -0.15) is 0 Å². The molecule has 2 heterocycles. The Morgan fingerprint density at radius 1 is 1.17 bits per heavy atom. The molecule has 0 spiro atoms. The highest BCUT2D eigenvalue weighted by Gasteiger charge is 2.32. The topological polar surface area (TPSA) is 74.8 Å². The summed E-state index contributed by atoms with van der Waals surface area (Å²) >= 11 is 0. The van der Waals surface area contributed by atoms with E-state index < -0.39 is 6.04 Å². The van der Waals surface area contributed by atoms with Crippen LogP contribution >= 0.6 is 0 Å². The molecular formula is C23H30N4O3. The Balaban J connectivity index is 1.66. The lowest BCUT2D eigenvalue weighted by Crippen LogP contribution is -2.56. The Morgan fingerprint density at radius 2 is 1.90 bits per heavy atom. The van der Waals surface area contributed by atoms with Gasteiger partial charge in [-0.25, -0.2) is 0 Å². The lowest BCUT2D eigenvalue weighted by atomic mass is 10.1. The van der Waals surface area contributed by atoms with Crippen molar-refractivity contribution in [2.24, 2.45) is 0 Å². The normalized spacial score (nSPS) is 16.7. The molecule has 1 aromatic heterocycles. The Kier molecular flexibility index (Phi) is 7.79. The third-order valence-electron chi connectivity index (χ3n) is 5.29. The monoisotopic (exact) mass is 410 g/mol. The lowest BCUT2D eigenvalue weighted by molar-refractivity contribution is -0.139. The second-order valence-electron chi connectivity index (χ2n) is 7.32. The van der Waals surface area contributed by atoms with Crippen molar-refractivity contribution in [3.8, 4) is 5.75 Å². The molecule has 3 rings (SSSR count). The third kappa shape index (κ3) is 5.79. The molecule has 1 fully saturated rings. The average molecular weight is 411 g/mol. The average Bonchev–Trinajstić information content (AvgIpc) is 2.76. The molecule has 0 unspecified atom stereocenters. The lowest BCUT2D eigenvalue weighted by Gasteiger charge is -2.35. The van der Waals surface area contributed by atoms with E-state index >= 15 is 0 Å². The fourth-order valence-corrected chi connectivity index (χ4v) is 3.64. The zero-order chi connectivity index (χ0) is 21.3. The van der Waals surface area contributed by atoms with Crippen LogP contribution in [0.1, 0.15) is 31.4 Å². The van der Waals surface area contributed by atoms with Crippen LogP contribution in [-0.2, 0) is 22.7 Å². The van der Waals surface area contributed by atoms with Gasteiger partial charge in [-0.05, 0) is 49.2 Å². The molecule has 2 amide bonds. The van der Waals surface area contributed by atoms with Crippen molar-refractivity contribution in [2.75, 3.05) is 26.2 Å². The van der Waals surface area contributed by atoms with Crippen LogP contribution in [0, 0.1) is 0 Å². The van der Waals surface area contributed by atoms with Crippen molar-refractivity contribution in [3.63, 3.8) is 0 Å². The number of nitrogens with zero attached hydrogens (tertiary/aromatic N) is 3. The molecule has 7 nitrogen and oxygen atoms in total. The van der Waals surface area contributed by atoms with Crippen LogP contribution in [0.25, 0.3) is 0 Å². The highest BCUT2D eigenvalue weighted by Crippen LogP contribution is 2.18. The van der Waals surface area contributed by atoms with Gasteiger partial charge in [0.15, 0.2) is 0 Å². The van der Waals surface area contributed by atoms with E-state index in [-0.39, 0.29) is 18.2 Å². The van der Waals surface area contributed by atoms with E-state index in [2.05, 4.69) is 15.2 Å². The number of ether oxygens (including phenoxy) is 1. The highest BCUT2D eigenvalue weighted by molar-refractivity contribution is 5.88. The highest BCUT2D eigenvalue weighted by atomic mass is 16.5. The first-order chi connectivity index (χ1) is 14.6. The molecule has 160 valence electrons. The molecular weight excluding hydrogens is 380 g/mol. The number of hydrogen-bond acceptors (Lipinski definition) is 5. The van der Waals surface area contributed by atoms with Crippen LogP contribution in [0.3, 0.4) is 0 Å². The van der Waals surface area contributed by atoms with Crippen molar-refractivity contribution >= 4 is 11.8 Å². The Morgan fingerprint density at radius 3 is 2.57 bits per heavy atom. The van der Waals surface area contributed by atoms with Crippen molar-refractivity contribution < 1.29 is 14.3 Å². The number of benzene rings is 1. The van der Waals surface area contributed by atoms with E-state index in [4.69, 9.17) is 4.74 Å². The first-order valence-corrected chi connectivity index (χ1v) is 10.5. The van der Waals surface area contributed by atoms with Gasteiger partial charge in [-0.3, -0.25) is 19.5 Å². The molecule has 1 aromatic carbocycles. The molecule has 1 aliphatic rings. The van der Waals surface area contributed by atoms with Crippen LogP contribution < -0.4 is 10.1 Å². The maximum absolute atomic E-state index is 13.0. The number of piperazine rings is 1. The predicted octanol–water partition coefficient (Wildman–Crippen LogP) is 2.22. The molecule has 7 heteroatoms. The first-order valence-electron chi connectivity index (χ1n) is 10.5. The van der Waals surface area contributed by atoms with E-state index in [1.54, 1.807) is 17.3 Å². The van der Waals surface area contributed by atoms with Crippen LogP contribution in [0.4, 0.5) is 0 Å². The maximum atomic E-state index is 13.0. The van der Waals surface area contributed by atoms with Crippen molar-refractivity contribution in [3.05, 3.63) is 59.9 Å². The quantitative estimate of drug-likeness (QED) is 0.686. The number of pyridine rings is 1. The number of amides is 2. The fraction of sp³-hybridized carbons (Fsp3) is 0.435. The first kappa shape index (κ1) is 21.8. The summed E-state index contributed by atoms with van der Waals surface area (Å²) < 4.78 is 5.50. The van der Waals surface area contributed by atoms with Crippen LogP contribution in [-0.4, -0.2) is 58.9 Å².